The van der Waals surface area contributed by atoms with E-state index in [-0.39, 0.29) is 16.5 Å². The lowest BCUT2D eigenvalue weighted by Gasteiger charge is -2.32. The van der Waals surface area contributed by atoms with Gasteiger partial charge in [0.05, 0.1) is 9.82 Å². The van der Waals surface area contributed by atoms with E-state index in [1.54, 1.807) is 13.1 Å². The van der Waals surface area contributed by atoms with Crippen molar-refractivity contribution in [2.24, 2.45) is 5.92 Å². The van der Waals surface area contributed by atoms with E-state index in [4.69, 9.17) is 0 Å². The van der Waals surface area contributed by atoms with Crippen LogP contribution in [0.3, 0.4) is 0 Å². The van der Waals surface area contributed by atoms with Gasteiger partial charge in [0.1, 0.15) is 5.82 Å². The third-order valence-electron chi connectivity index (χ3n) is 4.82. The molecule has 3 rings (SSSR count). The lowest BCUT2D eigenvalue weighted by atomic mass is 9.97. The van der Waals surface area contributed by atoms with Crippen molar-refractivity contribution >= 4 is 21.5 Å². The summed E-state index contributed by atoms with van der Waals surface area (Å²) >= 11 is 0. The van der Waals surface area contributed by atoms with Gasteiger partial charge in [0.15, 0.2) is 0 Å². The summed E-state index contributed by atoms with van der Waals surface area (Å²) in [5.74, 6) is 1.16. The van der Waals surface area contributed by atoms with E-state index in [9.17, 15) is 18.5 Å². The van der Waals surface area contributed by atoms with Crippen LogP contribution in [0.2, 0.25) is 0 Å². The van der Waals surface area contributed by atoms with Crippen LogP contribution < -0.4 is 9.62 Å². The molecule has 1 fully saturated rings. The van der Waals surface area contributed by atoms with Crippen molar-refractivity contribution in [3.05, 3.63) is 58.3 Å². The third kappa shape index (κ3) is 4.61. The molecule has 144 valence electrons. The summed E-state index contributed by atoms with van der Waals surface area (Å²) in [6, 6.07) is 9.67. The number of hydrogen-bond acceptors (Lipinski definition) is 6. The molecule has 0 spiro atoms. The van der Waals surface area contributed by atoms with Gasteiger partial charge in [-0.25, -0.2) is 18.1 Å². The number of anilines is 1. The van der Waals surface area contributed by atoms with E-state index in [0.29, 0.717) is 12.1 Å². The van der Waals surface area contributed by atoms with Crippen LogP contribution in [-0.2, 0) is 10.0 Å². The Morgan fingerprint density at radius 1 is 1.26 bits per heavy atom. The van der Waals surface area contributed by atoms with E-state index in [1.807, 2.05) is 18.2 Å². The molecule has 1 aromatic carbocycles. The first-order chi connectivity index (χ1) is 12.9. The van der Waals surface area contributed by atoms with Gasteiger partial charge in [0, 0.05) is 38.0 Å². The van der Waals surface area contributed by atoms with Crippen molar-refractivity contribution in [2.75, 3.05) is 24.5 Å². The van der Waals surface area contributed by atoms with Crippen molar-refractivity contribution in [3.63, 3.8) is 0 Å². The summed E-state index contributed by atoms with van der Waals surface area (Å²) in [6.45, 7) is 3.59. The van der Waals surface area contributed by atoms with Gasteiger partial charge < -0.3 is 4.90 Å². The topological polar surface area (TPSA) is 105 Å². The fourth-order valence-electron chi connectivity index (χ4n) is 3.20. The molecule has 0 radical (unpaired) electrons. The summed E-state index contributed by atoms with van der Waals surface area (Å²) in [7, 11) is -3.79. The number of nitrogens with zero attached hydrogens (tertiary/aromatic N) is 3. The number of pyridine rings is 1. The van der Waals surface area contributed by atoms with Gasteiger partial charge in [0.25, 0.3) is 5.69 Å². The minimum absolute atomic E-state index is 0.0392. The van der Waals surface area contributed by atoms with Gasteiger partial charge >= 0.3 is 0 Å². The van der Waals surface area contributed by atoms with Crippen LogP contribution in [0.5, 0.6) is 0 Å². The van der Waals surface area contributed by atoms with E-state index in [0.717, 1.165) is 37.8 Å². The maximum Gasteiger partial charge on any atom is 0.270 e. The molecular weight excluding hydrogens is 368 g/mol. The van der Waals surface area contributed by atoms with Crippen LogP contribution in [-0.4, -0.2) is 38.0 Å². The summed E-state index contributed by atoms with van der Waals surface area (Å²) < 4.78 is 27.8. The molecule has 0 bridgehead atoms. The molecule has 1 N–H and O–H groups in total. The molecule has 2 heterocycles. The van der Waals surface area contributed by atoms with Gasteiger partial charge in [-0.15, -0.1) is 0 Å². The van der Waals surface area contributed by atoms with Gasteiger partial charge in [-0.1, -0.05) is 12.1 Å². The van der Waals surface area contributed by atoms with Gasteiger partial charge in [0.2, 0.25) is 10.0 Å². The van der Waals surface area contributed by atoms with Crippen LogP contribution in [0, 0.1) is 23.0 Å². The van der Waals surface area contributed by atoms with Crippen molar-refractivity contribution in [1.29, 1.82) is 0 Å². The van der Waals surface area contributed by atoms with E-state index >= 15 is 0 Å². The molecular formula is C18H22N4O4S. The molecule has 0 aliphatic carbocycles. The average Bonchev–Trinajstić information content (AvgIpc) is 2.67. The Bertz CT molecular complexity index is 910. The average molecular weight is 390 g/mol. The zero-order valence-corrected chi connectivity index (χ0v) is 15.9. The number of sulfonamides is 1. The second-order valence-corrected chi connectivity index (χ2v) is 8.41. The highest BCUT2D eigenvalue weighted by molar-refractivity contribution is 7.89. The van der Waals surface area contributed by atoms with Gasteiger partial charge in [-0.3, -0.25) is 10.1 Å². The minimum atomic E-state index is -3.79. The van der Waals surface area contributed by atoms with Crippen LogP contribution >= 0.6 is 0 Å². The molecule has 0 saturated carbocycles. The fourth-order valence-corrected chi connectivity index (χ4v) is 4.58. The van der Waals surface area contributed by atoms with Crippen molar-refractivity contribution in [3.8, 4) is 0 Å². The Balaban J connectivity index is 1.60. The Labute approximate surface area is 158 Å². The molecule has 1 aromatic heterocycles. The number of hydrogen-bond donors (Lipinski definition) is 1. The maximum absolute atomic E-state index is 12.6. The number of aromatic nitrogens is 1. The SMILES string of the molecule is Cc1ccc([N+](=O)[O-])cc1S(=O)(=O)NCC1CCN(c2ccccn2)CC1. The number of nitro benzene ring substituents is 1. The molecule has 0 unspecified atom stereocenters. The van der Waals surface area contributed by atoms with E-state index < -0.39 is 14.9 Å². The van der Waals surface area contributed by atoms with E-state index in [2.05, 4.69) is 14.6 Å². The molecule has 27 heavy (non-hydrogen) atoms. The number of nitrogens with one attached hydrogen (secondary N) is 1. The van der Waals surface area contributed by atoms with Gasteiger partial charge in [-0.05, 0) is 43.4 Å². The number of benzene rings is 1. The highest BCUT2D eigenvalue weighted by Crippen LogP contribution is 2.24. The Morgan fingerprint density at radius 3 is 2.63 bits per heavy atom. The standard InChI is InChI=1S/C18H22N4O4S/c1-14-5-6-16(22(23)24)12-17(14)27(25,26)20-13-15-7-10-21(11-8-15)18-4-2-3-9-19-18/h2-6,9,12,15,20H,7-8,10-11,13H2,1H3. The molecule has 1 saturated heterocycles. The lowest BCUT2D eigenvalue weighted by molar-refractivity contribution is -0.385. The zero-order valence-electron chi connectivity index (χ0n) is 15.0. The maximum atomic E-state index is 12.6. The van der Waals surface area contributed by atoms with Crippen LogP contribution in [0.25, 0.3) is 0 Å². The third-order valence-corrected chi connectivity index (χ3v) is 6.39. The number of rotatable bonds is 6. The lowest BCUT2D eigenvalue weighted by Crippen LogP contribution is -2.39. The molecule has 9 heteroatoms. The Morgan fingerprint density at radius 2 is 2.00 bits per heavy atom. The first-order valence-corrected chi connectivity index (χ1v) is 10.3. The van der Waals surface area contributed by atoms with Crippen LogP contribution in [0.1, 0.15) is 18.4 Å². The normalized spacial score (nSPS) is 15.7. The molecule has 0 amide bonds. The summed E-state index contributed by atoms with van der Waals surface area (Å²) in [5.41, 5.74) is 0.253. The first-order valence-electron chi connectivity index (χ1n) is 8.77. The summed E-state index contributed by atoms with van der Waals surface area (Å²) in [6.07, 6.45) is 3.47. The van der Waals surface area contributed by atoms with Crippen molar-refractivity contribution in [1.82, 2.24) is 9.71 Å². The van der Waals surface area contributed by atoms with Crippen LogP contribution in [0.15, 0.2) is 47.5 Å². The monoisotopic (exact) mass is 390 g/mol. The number of aryl methyl sites for hydroxylation is 1. The first kappa shape index (κ1) is 19.2. The second-order valence-electron chi connectivity index (χ2n) is 6.68. The predicted octanol–water partition coefficient (Wildman–Crippen LogP) is 2.49. The largest absolute Gasteiger partial charge is 0.357 e. The highest BCUT2D eigenvalue weighted by atomic mass is 32.2. The molecule has 0 atom stereocenters. The molecule has 2 aromatic rings. The summed E-state index contributed by atoms with van der Waals surface area (Å²) in [4.78, 5) is 16.8. The molecule has 1 aliphatic rings. The zero-order chi connectivity index (χ0) is 19.4. The minimum Gasteiger partial charge on any atom is -0.357 e. The molecule has 8 nitrogen and oxygen atoms in total. The van der Waals surface area contributed by atoms with Crippen molar-refractivity contribution in [2.45, 2.75) is 24.7 Å². The van der Waals surface area contributed by atoms with Gasteiger partial charge in [-0.2, -0.15) is 0 Å². The summed E-state index contributed by atoms with van der Waals surface area (Å²) in [5, 5.41) is 10.9. The Kier molecular flexibility index (Phi) is 5.71. The van der Waals surface area contributed by atoms with Crippen molar-refractivity contribution < 1.29 is 13.3 Å². The number of non-ortho nitro benzene ring substituents is 1. The highest BCUT2D eigenvalue weighted by Gasteiger charge is 2.24. The van der Waals surface area contributed by atoms with Crippen LogP contribution in [0.4, 0.5) is 11.5 Å². The fraction of sp³-hybridized carbons (Fsp3) is 0.389. The second kappa shape index (κ2) is 8.01. The number of piperidine rings is 1. The molecule has 1 aliphatic heterocycles. The quantitative estimate of drug-likeness (QED) is 0.600. The van der Waals surface area contributed by atoms with E-state index in [1.165, 1.54) is 12.1 Å². The number of nitro groups is 1. The Hall–Kier alpha value is -2.52. The smallest absolute Gasteiger partial charge is 0.270 e. The predicted molar refractivity (Wildman–Crippen MR) is 102 cm³/mol.